The summed E-state index contributed by atoms with van der Waals surface area (Å²) in [6.07, 6.45) is 0. The van der Waals surface area contributed by atoms with Crippen LogP contribution in [0.5, 0.6) is 11.5 Å². The van der Waals surface area contributed by atoms with E-state index in [1.807, 2.05) is 0 Å². The summed E-state index contributed by atoms with van der Waals surface area (Å²) in [5.41, 5.74) is 0.339. The molecule has 2 N–H and O–H groups in total. The fraction of sp³-hybridized carbons (Fsp3) is 0.467. The van der Waals surface area contributed by atoms with Crippen LogP contribution in [0.1, 0.15) is 24.2 Å². The first-order valence-electron chi connectivity index (χ1n) is 6.63. The number of hydrogen-bond donors (Lipinski definition) is 2. The molecule has 116 valence electrons. The topological polar surface area (TPSA) is 84.9 Å². The van der Waals surface area contributed by atoms with Crippen molar-refractivity contribution in [3.63, 3.8) is 0 Å². The average Bonchev–Trinajstić information content (AvgIpc) is 2.45. The molecule has 1 amide bonds. The van der Waals surface area contributed by atoms with Gasteiger partial charge in [-0.05, 0) is 18.1 Å². The Morgan fingerprint density at radius 2 is 1.90 bits per heavy atom. The lowest BCUT2D eigenvalue weighted by molar-refractivity contribution is -0.142. The summed E-state index contributed by atoms with van der Waals surface area (Å²) < 4.78 is 10.2. The van der Waals surface area contributed by atoms with E-state index in [9.17, 15) is 9.59 Å². The molecule has 1 unspecified atom stereocenters. The standard InChI is InChI=1S/C15H21NO5/c1-9(2)12(15(18)19)8-16-14(17)11-6-5-10(20-3)7-13(11)21-4/h5-7,9,12H,8H2,1-4H3,(H,16,17)(H,18,19). The molecule has 0 aromatic heterocycles. The molecule has 0 aliphatic carbocycles. The highest BCUT2D eigenvalue weighted by molar-refractivity contribution is 5.97. The Balaban J connectivity index is 2.82. The minimum atomic E-state index is -0.924. The quantitative estimate of drug-likeness (QED) is 0.801. The Hall–Kier alpha value is -2.24. The Kier molecular flexibility index (Phi) is 6.02. The van der Waals surface area contributed by atoms with Crippen molar-refractivity contribution in [2.75, 3.05) is 20.8 Å². The Morgan fingerprint density at radius 3 is 2.38 bits per heavy atom. The van der Waals surface area contributed by atoms with Gasteiger partial charge in [0.2, 0.25) is 0 Å². The molecule has 1 atom stereocenters. The van der Waals surface area contributed by atoms with E-state index in [0.29, 0.717) is 17.1 Å². The highest BCUT2D eigenvalue weighted by Crippen LogP contribution is 2.24. The van der Waals surface area contributed by atoms with E-state index in [1.54, 1.807) is 32.0 Å². The Morgan fingerprint density at radius 1 is 1.24 bits per heavy atom. The second kappa shape index (κ2) is 7.52. The van der Waals surface area contributed by atoms with E-state index in [-0.39, 0.29) is 18.4 Å². The second-order valence-electron chi connectivity index (χ2n) is 4.96. The third-order valence-corrected chi connectivity index (χ3v) is 3.26. The van der Waals surface area contributed by atoms with E-state index < -0.39 is 11.9 Å². The van der Waals surface area contributed by atoms with Crippen LogP contribution in [0, 0.1) is 11.8 Å². The molecule has 0 radical (unpaired) electrons. The third kappa shape index (κ3) is 4.37. The molecule has 6 heteroatoms. The number of carbonyl (C=O) groups is 2. The number of methoxy groups -OCH3 is 2. The van der Waals surface area contributed by atoms with Crippen molar-refractivity contribution in [3.05, 3.63) is 23.8 Å². The maximum Gasteiger partial charge on any atom is 0.308 e. The van der Waals surface area contributed by atoms with Gasteiger partial charge in [-0.15, -0.1) is 0 Å². The number of benzene rings is 1. The molecule has 0 saturated carbocycles. The van der Waals surface area contributed by atoms with Crippen LogP contribution in [-0.4, -0.2) is 37.7 Å². The van der Waals surface area contributed by atoms with Crippen molar-refractivity contribution < 1.29 is 24.2 Å². The van der Waals surface area contributed by atoms with Gasteiger partial charge in [-0.2, -0.15) is 0 Å². The molecule has 0 spiro atoms. The molecular weight excluding hydrogens is 274 g/mol. The van der Waals surface area contributed by atoms with Crippen LogP contribution < -0.4 is 14.8 Å². The highest BCUT2D eigenvalue weighted by Gasteiger charge is 2.23. The van der Waals surface area contributed by atoms with Crippen molar-refractivity contribution in [1.82, 2.24) is 5.32 Å². The maximum atomic E-state index is 12.1. The van der Waals surface area contributed by atoms with Gasteiger partial charge in [0.15, 0.2) is 0 Å². The molecule has 1 aromatic carbocycles. The number of carbonyl (C=O) groups excluding carboxylic acids is 1. The van der Waals surface area contributed by atoms with Gasteiger partial charge in [0.05, 0.1) is 25.7 Å². The Labute approximate surface area is 124 Å². The molecule has 6 nitrogen and oxygen atoms in total. The largest absolute Gasteiger partial charge is 0.497 e. The van der Waals surface area contributed by atoms with E-state index >= 15 is 0 Å². The van der Waals surface area contributed by atoms with Crippen molar-refractivity contribution in [2.45, 2.75) is 13.8 Å². The SMILES string of the molecule is COc1ccc(C(=O)NCC(C(=O)O)C(C)C)c(OC)c1. The molecule has 0 aliphatic heterocycles. The zero-order valence-electron chi connectivity index (χ0n) is 12.7. The number of nitrogens with one attached hydrogen (secondary N) is 1. The number of rotatable bonds is 7. The third-order valence-electron chi connectivity index (χ3n) is 3.26. The van der Waals surface area contributed by atoms with E-state index in [4.69, 9.17) is 14.6 Å². The molecule has 0 fully saturated rings. The number of hydrogen-bond acceptors (Lipinski definition) is 4. The lowest BCUT2D eigenvalue weighted by atomic mass is 9.96. The van der Waals surface area contributed by atoms with Gasteiger partial charge in [-0.25, -0.2) is 0 Å². The van der Waals surface area contributed by atoms with E-state index in [0.717, 1.165) is 0 Å². The van der Waals surface area contributed by atoms with Crippen LogP contribution in [-0.2, 0) is 4.79 Å². The van der Waals surface area contributed by atoms with Crippen LogP contribution in [0.2, 0.25) is 0 Å². The molecular formula is C15H21NO5. The highest BCUT2D eigenvalue weighted by atomic mass is 16.5. The predicted molar refractivity (Wildman–Crippen MR) is 77.8 cm³/mol. The van der Waals surface area contributed by atoms with Gasteiger partial charge in [-0.1, -0.05) is 13.8 Å². The molecule has 1 aromatic rings. The van der Waals surface area contributed by atoms with Crippen LogP contribution in [0.15, 0.2) is 18.2 Å². The first-order chi connectivity index (χ1) is 9.90. The summed E-state index contributed by atoms with van der Waals surface area (Å²) >= 11 is 0. The van der Waals surface area contributed by atoms with Crippen LogP contribution in [0.4, 0.5) is 0 Å². The molecule has 0 heterocycles. The fourth-order valence-corrected chi connectivity index (χ4v) is 1.89. The molecule has 0 saturated heterocycles. The van der Waals surface area contributed by atoms with Gasteiger partial charge in [0.1, 0.15) is 11.5 Å². The minimum absolute atomic E-state index is 0.0689. The minimum Gasteiger partial charge on any atom is -0.497 e. The van der Waals surface area contributed by atoms with Crippen molar-refractivity contribution in [1.29, 1.82) is 0 Å². The summed E-state index contributed by atoms with van der Waals surface area (Å²) in [6, 6.07) is 4.83. The normalized spacial score (nSPS) is 11.9. The zero-order chi connectivity index (χ0) is 16.0. The molecule has 0 aliphatic rings. The lowest BCUT2D eigenvalue weighted by Crippen LogP contribution is -2.35. The molecule has 21 heavy (non-hydrogen) atoms. The zero-order valence-corrected chi connectivity index (χ0v) is 12.7. The average molecular weight is 295 g/mol. The van der Waals surface area contributed by atoms with Gasteiger partial charge in [0.25, 0.3) is 5.91 Å². The first-order valence-corrected chi connectivity index (χ1v) is 6.63. The number of carboxylic acid groups (broad SMARTS) is 1. The predicted octanol–water partition coefficient (Wildman–Crippen LogP) is 1.79. The number of amides is 1. The summed E-state index contributed by atoms with van der Waals surface area (Å²) in [6.45, 7) is 3.68. The lowest BCUT2D eigenvalue weighted by Gasteiger charge is -2.17. The van der Waals surface area contributed by atoms with E-state index in [1.165, 1.54) is 14.2 Å². The van der Waals surface area contributed by atoms with Crippen molar-refractivity contribution >= 4 is 11.9 Å². The van der Waals surface area contributed by atoms with Gasteiger partial charge in [0, 0.05) is 12.6 Å². The molecule has 0 bridgehead atoms. The van der Waals surface area contributed by atoms with Gasteiger partial charge >= 0.3 is 5.97 Å². The maximum absolute atomic E-state index is 12.1. The first kappa shape index (κ1) is 16.8. The van der Waals surface area contributed by atoms with Crippen LogP contribution in [0.3, 0.4) is 0 Å². The van der Waals surface area contributed by atoms with Gasteiger partial charge in [-0.3, -0.25) is 9.59 Å². The smallest absolute Gasteiger partial charge is 0.308 e. The van der Waals surface area contributed by atoms with Crippen molar-refractivity contribution in [2.24, 2.45) is 11.8 Å². The Bertz CT molecular complexity index is 513. The number of carboxylic acids is 1. The van der Waals surface area contributed by atoms with Crippen molar-refractivity contribution in [3.8, 4) is 11.5 Å². The molecule has 1 rings (SSSR count). The monoisotopic (exact) mass is 295 g/mol. The van der Waals surface area contributed by atoms with Gasteiger partial charge < -0.3 is 19.9 Å². The second-order valence-corrected chi connectivity index (χ2v) is 4.96. The summed E-state index contributed by atoms with van der Waals surface area (Å²) in [4.78, 5) is 23.3. The summed E-state index contributed by atoms with van der Waals surface area (Å²) in [7, 11) is 2.98. The van der Waals surface area contributed by atoms with Crippen LogP contribution >= 0.6 is 0 Å². The van der Waals surface area contributed by atoms with E-state index in [2.05, 4.69) is 5.32 Å². The number of ether oxygens (including phenoxy) is 2. The summed E-state index contributed by atoms with van der Waals surface area (Å²) in [5.74, 6) is -1.04. The summed E-state index contributed by atoms with van der Waals surface area (Å²) in [5, 5.41) is 11.7. The van der Waals surface area contributed by atoms with Crippen LogP contribution in [0.25, 0.3) is 0 Å². The number of aliphatic carboxylic acids is 1. The fourth-order valence-electron chi connectivity index (χ4n) is 1.89.